The lowest BCUT2D eigenvalue weighted by Crippen LogP contribution is -2.27. The third kappa shape index (κ3) is 3.34. The summed E-state index contributed by atoms with van der Waals surface area (Å²) in [4.78, 5) is 16.0. The van der Waals surface area contributed by atoms with Crippen molar-refractivity contribution >= 4 is 22.6 Å². The summed E-state index contributed by atoms with van der Waals surface area (Å²) in [7, 11) is 0. The van der Waals surface area contributed by atoms with E-state index in [1.165, 1.54) is 6.39 Å². The van der Waals surface area contributed by atoms with Gasteiger partial charge in [0.05, 0.1) is 11.9 Å². The molecular formula is C18H18N2O3. The van der Waals surface area contributed by atoms with Crippen LogP contribution in [0, 0.1) is 0 Å². The first-order valence-electron chi connectivity index (χ1n) is 7.35. The molecule has 3 rings (SSSR count). The Morgan fingerprint density at radius 3 is 2.52 bits per heavy atom. The fourth-order valence-electron chi connectivity index (χ4n) is 2.39. The quantitative estimate of drug-likeness (QED) is 0.735. The van der Waals surface area contributed by atoms with Crippen molar-refractivity contribution in [3.05, 3.63) is 49.0 Å². The van der Waals surface area contributed by atoms with E-state index in [-0.39, 0.29) is 0 Å². The number of anilines is 1. The van der Waals surface area contributed by atoms with Gasteiger partial charge in [0.2, 0.25) is 0 Å². The zero-order valence-corrected chi connectivity index (χ0v) is 13.3. The van der Waals surface area contributed by atoms with Crippen LogP contribution in [0.3, 0.4) is 0 Å². The standard InChI is InChI=1S/C18H18N2O3/c1-18(2,3)23-17(21)20-15-9-8-14(16-10-19-11-22-16)12-6-4-5-7-13(12)15/h4-11H,1-3H3,(H,20,21). The zero-order chi connectivity index (χ0) is 16.4. The molecule has 3 aromatic rings. The molecule has 5 heteroatoms. The highest BCUT2D eigenvalue weighted by Crippen LogP contribution is 2.33. The first kappa shape index (κ1) is 15.1. The van der Waals surface area contributed by atoms with E-state index in [0.717, 1.165) is 16.3 Å². The highest BCUT2D eigenvalue weighted by Gasteiger charge is 2.17. The van der Waals surface area contributed by atoms with Gasteiger partial charge in [0.25, 0.3) is 0 Å². The van der Waals surface area contributed by atoms with Crippen LogP contribution in [0.4, 0.5) is 10.5 Å². The molecule has 1 N–H and O–H groups in total. The van der Waals surface area contributed by atoms with E-state index in [2.05, 4.69) is 10.3 Å². The van der Waals surface area contributed by atoms with E-state index < -0.39 is 11.7 Å². The second-order valence-corrected chi connectivity index (χ2v) is 6.20. The molecule has 0 aliphatic carbocycles. The SMILES string of the molecule is CC(C)(C)OC(=O)Nc1ccc(-c2cnco2)c2ccccc12. The van der Waals surface area contributed by atoms with Gasteiger partial charge in [0.15, 0.2) is 12.2 Å². The van der Waals surface area contributed by atoms with Crippen LogP contribution in [0.25, 0.3) is 22.1 Å². The molecule has 0 saturated carbocycles. The molecule has 0 aliphatic rings. The van der Waals surface area contributed by atoms with Crippen LogP contribution in [0.5, 0.6) is 0 Å². The van der Waals surface area contributed by atoms with Crippen molar-refractivity contribution in [2.24, 2.45) is 0 Å². The van der Waals surface area contributed by atoms with Crippen LogP contribution < -0.4 is 5.32 Å². The molecule has 0 radical (unpaired) electrons. The number of benzene rings is 2. The summed E-state index contributed by atoms with van der Waals surface area (Å²) in [5, 5.41) is 4.69. The number of hydrogen-bond donors (Lipinski definition) is 1. The highest BCUT2D eigenvalue weighted by atomic mass is 16.6. The lowest BCUT2D eigenvalue weighted by Gasteiger charge is -2.20. The minimum Gasteiger partial charge on any atom is -0.444 e. The Bertz CT molecular complexity index is 833. The third-order valence-corrected chi connectivity index (χ3v) is 3.26. The van der Waals surface area contributed by atoms with Gasteiger partial charge in [-0.2, -0.15) is 0 Å². The topological polar surface area (TPSA) is 64.4 Å². The van der Waals surface area contributed by atoms with E-state index in [1.54, 1.807) is 6.20 Å². The van der Waals surface area contributed by atoms with E-state index in [9.17, 15) is 4.79 Å². The van der Waals surface area contributed by atoms with Gasteiger partial charge in [-0.1, -0.05) is 24.3 Å². The van der Waals surface area contributed by atoms with E-state index >= 15 is 0 Å². The average Bonchev–Trinajstić information content (AvgIpc) is 2.99. The van der Waals surface area contributed by atoms with E-state index in [1.807, 2.05) is 57.2 Å². The number of hydrogen-bond acceptors (Lipinski definition) is 4. The van der Waals surface area contributed by atoms with Crippen molar-refractivity contribution in [1.29, 1.82) is 0 Å². The smallest absolute Gasteiger partial charge is 0.412 e. The average molecular weight is 310 g/mol. The molecule has 1 aromatic heterocycles. The second-order valence-electron chi connectivity index (χ2n) is 6.20. The Labute approximate surface area is 134 Å². The minimum absolute atomic E-state index is 0.477. The predicted octanol–water partition coefficient (Wildman–Crippen LogP) is 4.84. The largest absolute Gasteiger partial charge is 0.444 e. The van der Waals surface area contributed by atoms with Gasteiger partial charge in [-0.05, 0) is 38.3 Å². The maximum absolute atomic E-state index is 12.0. The summed E-state index contributed by atoms with van der Waals surface area (Å²) in [5.41, 5.74) is 1.07. The van der Waals surface area contributed by atoms with Crippen LogP contribution in [0.2, 0.25) is 0 Å². The lowest BCUT2D eigenvalue weighted by molar-refractivity contribution is 0.0636. The summed E-state index contributed by atoms with van der Waals surface area (Å²) in [5.74, 6) is 0.685. The first-order valence-corrected chi connectivity index (χ1v) is 7.35. The molecule has 1 heterocycles. The number of oxazole rings is 1. The zero-order valence-electron chi connectivity index (χ0n) is 13.3. The number of carbonyl (C=O) groups is 1. The van der Waals surface area contributed by atoms with Crippen LogP contribution in [0.15, 0.2) is 53.4 Å². The van der Waals surface area contributed by atoms with Gasteiger partial charge < -0.3 is 9.15 Å². The molecule has 0 saturated heterocycles. The number of amides is 1. The predicted molar refractivity (Wildman–Crippen MR) is 89.3 cm³/mol. The van der Waals surface area contributed by atoms with Gasteiger partial charge in [0.1, 0.15) is 5.60 Å². The van der Waals surface area contributed by atoms with Crippen molar-refractivity contribution in [3.8, 4) is 11.3 Å². The molecule has 0 unspecified atom stereocenters. The molecular weight excluding hydrogens is 292 g/mol. The number of nitrogens with one attached hydrogen (secondary N) is 1. The molecule has 1 amide bonds. The van der Waals surface area contributed by atoms with Crippen molar-refractivity contribution in [2.45, 2.75) is 26.4 Å². The minimum atomic E-state index is -0.542. The molecule has 0 aliphatic heterocycles. The molecule has 118 valence electrons. The van der Waals surface area contributed by atoms with Gasteiger partial charge in [-0.15, -0.1) is 0 Å². The monoisotopic (exact) mass is 310 g/mol. The Morgan fingerprint density at radius 1 is 1.13 bits per heavy atom. The number of carbonyl (C=O) groups excluding carboxylic acids is 1. The molecule has 0 fully saturated rings. The number of rotatable bonds is 2. The fourth-order valence-corrected chi connectivity index (χ4v) is 2.39. The first-order chi connectivity index (χ1) is 10.9. The maximum Gasteiger partial charge on any atom is 0.412 e. The normalized spacial score (nSPS) is 11.4. The Balaban J connectivity index is 2.00. The maximum atomic E-state index is 12.0. The Kier molecular flexibility index (Phi) is 3.78. The molecule has 5 nitrogen and oxygen atoms in total. The van der Waals surface area contributed by atoms with Crippen LogP contribution in [-0.2, 0) is 4.74 Å². The summed E-state index contributed by atoms with van der Waals surface area (Å²) in [6, 6.07) is 11.5. The summed E-state index contributed by atoms with van der Waals surface area (Å²) < 4.78 is 10.7. The van der Waals surface area contributed by atoms with Crippen LogP contribution in [0.1, 0.15) is 20.8 Å². The molecule has 0 bridgehead atoms. The number of nitrogens with zero attached hydrogens (tertiary/aromatic N) is 1. The second kappa shape index (κ2) is 5.76. The number of aromatic nitrogens is 1. The highest BCUT2D eigenvalue weighted by molar-refractivity contribution is 6.06. The van der Waals surface area contributed by atoms with Crippen molar-refractivity contribution in [3.63, 3.8) is 0 Å². The van der Waals surface area contributed by atoms with Gasteiger partial charge >= 0.3 is 6.09 Å². The van der Waals surface area contributed by atoms with Crippen LogP contribution >= 0.6 is 0 Å². The fraction of sp³-hybridized carbons (Fsp3) is 0.222. The molecule has 2 aromatic carbocycles. The summed E-state index contributed by atoms with van der Waals surface area (Å²) >= 11 is 0. The summed E-state index contributed by atoms with van der Waals surface area (Å²) in [6.07, 6.45) is 2.59. The van der Waals surface area contributed by atoms with Crippen molar-refractivity contribution in [1.82, 2.24) is 4.98 Å². The van der Waals surface area contributed by atoms with E-state index in [0.29, 0.717) is 11.4 Å². The number of ether oxygens (including phenoxy) is 1. The lowest BCUT2D eigenvalue weighted by atomic mass is 10.0. The van der Waals surface area contributed by atoms with Crippen molar-refractivity contribution in [2.75, 3.05) is 5.32 Å². The molecule has 23 heavy (non-hydrogen) atoms. The van der Waals surface area contributed by atoms with Gasteiger partial charge in [-0.3, -0.25) is 5.32 Å². The van der Waals surface area contributed by atoms with Crippen LogP contribution in [-0.4, -0.2) is 16.7 Å². The molecule has 0 atom stereocenters. The van der Waals surface area contributed by atoms with Gasteiger partial charge in [0, 0.05) is 10.9 Å². The Morgan fingerprint density at radius 2 is 1.87 bits per heavy atom. The van der Waals surface area contributed by atoms with Gasteiger partial charge in [-0.25, -0.2) is 9.78 Å². The number of fused-ring (bicyclic) bond motifs is 1. The van der Waals surface area contributed by atoms with E-state index in [4.69, 9.17) is 9.15 Å². The van der Waals surface area contributed by atoms with Crippen molar-refractivity contribution < 1.29 is 13.9 Å². The Hall–Kier alpha value is -2.82. The summed E-state index contributed by atoms with van der Waals surface area (Å²) in [6.45, 7) is 5.49. The molecule has 0 spiro atoms. The third-order valence-electron chi connectivity index (χ3n) is 3.26.